The van der Waals surface area contributed by atoms with E-state index in [1.165, 1.54) is 122 Å². The Labute approximate surface area is 502 Å². The molecule has 0 radical (unpaired) electrons. The second-order valence-corrected chi connectivity index (χ2v) is 24.2. The van der Waals surface area contributed by atoms with Gasteiger partial charge in [0.2, 0.25) is 0 Å². The van der Waals surface area contributed by atoms with Gasteiger partial charge in [0.1, 0.15) is 0 Å². The smallest absolute Gasteiger partial charge is 0.0979 e. The van der Waals surface area contributed by atoms with Gasteiger partial charge in [0.05, 0.1) is 44.8 Å². The molecule has 0 unspecified atom stereocenters. The van der Waals surface area contributed by atoms with Crippen LogP contribution in [0.4, 0.5) is 0 Å². The van der Waals surface area contributed by atoms with E-state index in [4.69, 9.17) is 9.97 Å². The Bertz CT molecular complexity index is 5560. The van der Waals surface area contributed by atoms with Gasteiger partial charge in [-0.25, -0.2) is 4.98 Å². The van der Waals surface area contributed by atoms with Gasteiger partial charge in [-0.15, -0.1) is 0 Å². The minimum Gasteiger partial charge on any atom is -0.309 e. The molecule has 0 aliphatic heterocycles. The SMILES string of the molecule is c1cc(-c2cnc3c4cc(-c5ccc6c(c5)C5(c7ccccc7-c7ccccc75)c5ccccc5-6)ccc4c4ccc(-c5ccc6c(c5)C5(c7ccccc7-c7ccccc75)c5ccccc5-6)cc4c3n2)cc(-n2c3ccccc3c3ccccc32)c1. The molecule has 0 saturated heterocycles. The first-order chi connectivity index (χ1) is 43.1. The maximum Gasteiger partial charge on any atom is 0.0979 e. The number of para-hydroxylation sites is 2. The van der Waals surface area contributed by atoms with Crippen molar-refractivity contribution in [2.24, 2.45) is 0 Å². The molecule has 14 aromatic carbocycles. The summed E-state index contributed by atoms with van der Waals surface area (Å²) in [7, 11) is 0. The molecule has 0 atom stereocenters. The van der Waals surface area contributed by atoms with Crippen molar-refractivity contribution in [3.8, 4) is 83.7 Å². The summed E-state index contributed by atoms with van der Waals surface area (Å²) in [5, 5.41) is 6.90. The van der Waals surface area contributed by atoms with Crippen molar-refractivity contribution in [1.82, 2.24) is 14.5 Å². The fraction of sp³-hybridized carbons (Fsp3) is 0.0238. The van der Waals surface area contributed by atoms with Crippen molar-refractivity contribution in [3.63, 3.8) is 0 Å². The zero-order valence-electron chi connectivity index (χ0n) is 47.1. The van der Waals surface area contributed by atoms with Crippen molar-refractivity contribution < 1.29 is 0 Å². The number of fused-ring (bicyclic) bond motifs is 29. The van der Waals surface area contributed by atoms with Gasteiger partial charge in [-0.2, -0.15) is 0 Å². The molecule has 2 spiro atoms. The lowest BCUT2D eigenvalue weighted by molar-refractivity contribution is 0.794. The summed E-state index contributed by atoms with van der Waals surface area (Å²) < 4.78 is 2.38. The van der Waals surface area contributed by atoms with Crippen LogP contribution in [0.2, 0.25) is 0 Å². The van der Waals surface area contributed by atoms with Gasteiger partial charge in [-0.05, 0) is 171 Å². The number of hydrogen-bond acceptors (Lipinski definition) is 2. The highest BCUT2D eigenvalue weighted by molar-refractivity contribution is 6.24. The van der Waals surface area contributed by atoms with Gasteiger partial charge >= 0.3 is 0 Å². The molecule has 2 aromatic heterocycles. The predicted octanol–water partition coefficient (Wildman–Crippen LogP) is 20.7. The highest BCUT2D eigenvalue weighted by Gasteiger charge is 2.53. The Hall–Kier alpha value is -11.3. The molecular weight excluding hydrogens is 1050 g/mol. The molecule has 0 N–H and O–H groups in total. The third kappa shape index (κ3) is 6.05. The highest BCUT2D eigenvalue weighted by Crippen LogP contribution is 2.65. The maximum absolute atomic E-state index is 5.79. The van der Waals surface area contributed by atoms with Crippen LogP contribution < -0.4 is 0 Å². The van der Waals surface area contributed by atoms with Crippen molar-refractivity contribution >= 4 is 54.4 Å². The lowest BCUT2D eigenvalue weighted by Crippen LogP contribution is -2.25. The number of hydrogen-bond donors (Lipinski definition) is 0. The van der Waals surface area contributed by atoms with Crippen molar-refractivity contribution in [2.45, 2.75) is 10.8 Å². The molecule has 20 rings (SSSR count). The average Bonchev–Trinajstić information content (AvgIpc) is 1.57. The molecule has 3 nitrogen and oxygen atoms in total. The second-order valence-electron chi connectivity index (χ2n) is 24.2. The van der Waals surface area contributed by atoms with Crippen molar-refractivity contribution in [3.05, 3.63) is 342 Å². The van der Waals surface area contributed by atoms with E-state index in [0.29, 0.717) is 0 Å². The topological polar surface area (TPSA) is 30.7 Å². The monoisotopic (exact) mass is 1100 g/mol. The fourth-order valence-corrected chi connectivity index (χ4v) is 16.8. The van der Waals surface area contributed by atoms with E-state index in [2.05, 4.69) is 296 Å². The Morgan fingerprint density at radius 1 is 0.241 bits per heavy atom. The van der Waals surface area contributed by atoms with E-state index in [1.807, 2.05) is 6.20 Å². The first kappa shape index (κ1) is 47.1. The molecular formula is C84H49N3. The number of benzene rings is 14. The molecule has 0 fully saturated rings. The molecule has 16 aromatic rings. The molecule has 0 bridgehead atoms. The first-order valence-electron chi connectivity index (χ1n) is 30.3. The maximum atomic E-state index is 5.79. The normalized spacial score (nSPS) is 13.9. The summed E-state index contributed by atoms with van der Waals surface area (Å²) in [6.45, 7) is 0. The van der Waals surface area contributed by atoms with E-state index in [-0.39, 0.29) is 0 Å². The Balaban J connectivity index is 0.798. The summed E-state index contributed by atoms with van der Waals surface area (Å²) in [6, 6.07) is 109. The van der Waals surface area contributed by atoms with Crippen molar-refractivity contribution in [1.29, 1.82) is 0 Å². The third-order valence-electron chi connectivity index (χ3n) is 20.3. The summed E-state index contributed by atoms with van der Waals surface area (Å²) in [4.78, 5) is 11.3. The van der Waals surface area contributed by atoms with Crippen LogP contribution in [0, 0.1) is 0 Å². The van der Waals surface area contributed by atoms with Crippen LogP contribution in [0.15, 0.2) is 297 Å². The Kier molecular flexibility index (Phi) is 9.32. The van der Waals surface area contributed by atoms with E-state index < -0.39 is 10.8 Å². The van der Waals surface area contributed by atoms with Gasteiger partial charge in [0.25, 0.3) is 0 Å². The van der Waals surface area contributed by atoms with Gasteiger partial charge < -0.3 is 4.57 Å². The van der Waals surface area contributed by atoms with Crippen LogP contribution in [-0.2, 0) is 10.8 Å². The minimum atomic E-state index is -0.448. The van der Waals surface area contributed by atoms with Gasteiger partial charge in [0.15, 0.2) is 0 Å². The molecule has 3 heteroatoms. The minimum absolute atomic E-state index is 0.442. The van der Waals surface area contributed by atoms with Crippen LogP contribution >= 0.6 is 0 Å². The second kappa shape index (κ2) is 17.2. The predicted molar refractivity (Wildman–Crippen MR) is 358 cm³/mol. The van der Waals surface area contributed by atoms with Gasteiger partial charge in [0, 0.05) is 32.8 Å². The summed E-state index contributed by atoms with van der Waals surface area (Å²) >= 11 is 0. The first-order valence-corrected chi connectivity index (χ1v) is 30.3. The summed E-state index contributed by atoms with van der Waals surface area (Å²) in [6.07, 6.45) is 2.00. The molecule has 4 aliphatic carbocycles. The van der Waals surface area contributed by atoms with Crippen LogP contribution in [0.25, 0.3) is 138 Å². The average molecular weight is 1100 g/mol. The van der Waals surface area contributed by atoms with E-state index in [9.17, 15) is 0 Å². The third-order valence-corrected chi connectivity index (χ3v) is 20.3. The highest BCUT2D eigenvalue weighted by atomic mass is 15.0. The molecule has 4 aliphatic rings. The van der Waals surface area contributed by atoms with Gasteiger partial charge in [-0.3, -0.25) is 4.98 Å². The zero-order valence-corrected chi connectivity index (χ0v) is 47.1. The summed E-state index contributed by atoms with van der Waals surface area (Å²) in [5.74, 6) is 0. The lowest BCUT2D eigenvalue weighted by atomic mass is 9.70. The Morgan fingerprint density at radius 2 is 0.609 bits per heavy atom. The van der Waals surface area contributed by atoms with Crippen LogP contribution in [0.3, 0.4) is 0 Å². The molecule has 87 heavy (non-hydrogen) atoms. The van der Waals surface area contributed by atoms with Crippen LogP contribution in [0.1, 0.15) is 44.5 Å². The number of nitrogens with zero attached hydrogens (tertiary/aromatic N) is 3. The van der Waals surface area contributed by atoms with Crippen molar-refractivity contribution in [2.75, 3.05) is 0 Å². The Morgan fingerprint density at radius 3 is 1.06 bits per heavy atom. The van der Waals surface area contributed by atoms with Crippen LogP contribution in [-0.4, -0.2) is 14.5 Å². The molecule has 2 heterocycles. The number of rotatable bonds is 4. The van der Waals surface area contributed by atoms with E-state index >= 15 is 0 Å². The summed E-state index contributed by atoms with van der Waals surface area (Å²) in [5.41, 5.74) is 31.8. The lowest BCUT2D eigenvalue weighted by Gasteiger charge is -2.30. The van der Waals surface area contributed by atoms with E-state index in [1.54, 1.807) is 0 Å². The van der Waals surface area contributed by atoms with Gasteiger partial charge in [-0.1, -0.05) is 243 Å². The fourth-order valence-electron chi connectivity index (χ4n) is 16.8. The quantitative estimate of drug-likeness (QED) is 0.164. The standard InChI is InChI=1S/C84H49N3/c1-9-28-70-58(20-1)59-21-2-10-29-71(59)83(70)74-32-13-5-24-62(74)64-42-38-52(47-76(64)83)50-36-40-56-57-41-37-51(53-39-43-65-63-25-6-14-33-75(63)84(77(65)48-53)72-30-11-3-22-60(72)61-23-4-12-31-73(61)84)46-69(57)82-81(68(56)45-50)85-49-78(86-82)54-18-17-19-55(44-54)87-79-34-15-7-26-66(79)67-27-8-16-35-80(67)87/h1-49H. The zero-order chi connectivity index (χ0) is 56.7. The molecule has 0 amide bonds. The molecule has 400 valence electrons. The van der Waals surface area contributed by atoms with Crippen LogP contribution in [0.5, 0.6) is 0 Å². The largest absolute Gasteiger partial charge is 0.309 e. The number of aromatic nitrogens is 3. The molecule has 0 saturated carbocycles. The van der Waals surface area contributed by atoms with E-state index in [0.717, 1.165) is 60.6 Å².